The first kappa shape index (κ1) is 11.8. The highest BCUT2D eigenvalue weighted by Gasteiger charge is 2.06. The Morgan fingerprint density at radius 3 is 2.71 bits per heavy atom. The molecular formula is C10H15ClN2S. The molecule has 0 spiro atoms. The molecule has 1 rings (SSSR count). The van der Waals surface area contributed by atoms with E-state index in [9.17, 15) is 0 Å². The lowest BCUT2D eigenvalue weighted by Crippen LogP contribution is -1.99. The topological polar surface area (TPSA) is 25.8 Å². The molecule has 2 nitrogen and oxygen atoms in total. The van der Waals surface area contributed by atoms with Crippen LogP contribution in [0.15, 0.2) is 11.1 Å². The maximum atomic E-state index is 5.68. The Morgan fingerprint density at radius 2 is 2.14 bits per heavy atom. The summed E-state index contributed by atoms with van der Waals surface area (Å²) < 4.78 is 0. The summed E-state index contributed by atoms with van der Waals surface area (Å²) in [5.41, 5.74) is 1.03. The van der Waals surface area contributed by atoms with E-state index in [1.165, 1.54) is 0 Å². The van der Waals surface area contributed by atoms with E-state index in [2.05, 4.69) is 16.9 Å². The van der Waals surface area contributed by atoms with Crippen LogP contribution in [0.4, 0.5) is 0 Å². The summed E-state index contributed by atoms with van der Waals surface area (Å²) >= 11 is 7.44. The normalized spacial score (nSPS) is 12.9. The highest BCUT2D eigenvalue weighted by Crippen LogP contribution is 2.23. The second-order valence-electron chi connectivity index (χ2n) is 3.30. The molecule has 0 saturated heterocycles. The quantitative estimate of drug-likeness (QED) is 0.451. The van der Waals surface area contributed by atoms with E-state index in [0.717, 1.165) is 23.0 Å². The summed E-state index contributed by atoms with van der Waals surface area (Å²) in [4.78, 5) is 8.60. The van der Waals surface area contributed by atoms with Crippen LogP contribution >= 0.6 is 23.4 Å². The number of hydrogen-bond acceptors (Lipinski definition) is 3. The summed E-state index contributed by atoms with van der Waals surface area (Å²) in [6.07, 6.45) is 1.01. The molecule has 4 heteroatoms. The molecule has 0 radical (unpaired) electrons. The fourth-order valence-corrected chi connectivity index (χ4v) is 2.69. The third-order valence-electron chi connectivity index (χ3n) is 1.78. The Balaban J connectivity index is 2.66. The van der Waals surface area contributed by atoms with Crippen molar-refractivity contribution in [3.63, 3.8) is 0 Å². The molecule has 14 heavy (non-hydrogen) atoms. The first-order valence-corrected chi connectivity index (χ1v) is 6.08. The van der Waals surface area contributed by atoms with Crippen molar-refractivity contribution < 1.29 is 0 Å². The molecule has 0 aliphatic rings. The SMILES string of the molecule is Cc1cc(SC(C)CCCl)nc(C)n1. The summed E-state index contributed by atoms with van der Waals surface area (Å²) in [5, 5.41) is 1.56. The van der Waals surface area contributed by atoms with E-state index in [0.29, 0.717) is 11.1 Å². The smallest absolute Gasteiger partial charge is 0.126 e. The zero-order valence-corrected chi connectivity index (χ0v) is 10.3. The molecular weight excluding hydrogens is 216 g/mol. The lowest BCUT2D eigenvalue weighted by molar-refractivity contribution is 0.892. The van der Waals surface area contributed by atoms with Gasteiger partial charge >= 0.3 is 0 Å². The molecule has 0 aliphatic heterocycles. The standard InChI is InChI=1S/C10H15ClN2S/c1-7-6-10(13-9(3)12-7)14-8(2)4-5-11/h6,8H,4-5H2,1-3H3. The van der Waals surface area contributed by atoms with Gasteiger partial charge in [0.05, 0.1) is 0 Å². The predicted octanol–water partition coefficient (Wildman–Crippen LogP) is 3.20. The lowest BCUT2D eigenvalue weighted by Gasteiger charge is -2.08. The Morgan fingerprint density at radius 1 is 1.43 bits per heavy atom. The second-order valence-corrected chi connectivity index (χ2v) is 5.14. The van der Waals surface area contributed by atoms with Crippen molar-refractivity contribution in [2.75, 3.05) is 5.88 Å². The Labute approximate surface area is 94.5 Å². The molecule has 0 aromatic carbocycles. The molecule has 0 fully saturated rings. The van der Waals surface area contributed by atoms with Gasteiger partial charge in [-0.2, -0.15) is 0 Å². The zero-order chi connectivity index (χ0) is 10.6. The number of halogens is 1. The number of aromatic nitrogens is 2. The third kappa shape index (κ3) is 3.84. The molecule has 1 atom stereocenters. The molecule has 0 amide bonds. The van der Waals surface area contributed by atoms with Gasteiger partial charge in [0.25, 0.3) is 0 Å². The van der Waals surface area contributed by atoms with Crippen LogP contribution in [0.5, 0.6) is 0 Å². The van der Waals surface area contributed by atoms with Gasteiger partial charge in [-0.25, -0.2) is 9.97 Å². The lowest BCUT2D eigenvalue weighted by atomic mass is 10.4. The van der Waals surface area contributed by atoms with Crippen molar-refractivity contribution in [1.29, 1.82) is 0 Å². The first-order valence-electron chi connectivity index (χ1n) is 4.66. The van der Waals surface area contributed by atoms with E-state index in [1.54, 1.807) is 11.8 Å². The molecule has 0 bridgehead atoms. The predicted molar refractivity (Wildman–Crippen MR) is 62.2 cm³/mol. The summed E-state index contributed by atoms with van der Waals surface area (Å²) in [6, 6.07) is 2.02. The van der Waals surface area contributed by atoms with Crippen LogP contribution in [0.3, 0.4) is 0 Å². The van der Waals surface area contributed by atoms with Gasteiger partial charge in [0.1, 0.15) is 10.9 Å². The van der Waals surface area contributed by atoms with E-state index >= 15 is 0 Å². The van der Waals surface area contributed by atoms with Gasteiger partial charge in [-0.3, -0.25) is 0 Å². The molecule has 0 N–H and O–H groups in total. The van der Waals surface area contributed by atoms with Crippen molar-refractivity contribution in [3.8, 4) is 0 Å². The Bertz CT molecular complexity index is 284. The van der Waals surface area contributed by atoms with Crippen molar-refractivity contribution in [2.24, 2.45) is 0 Å². The summed E-state index contributed by atoms with van der Waals surface area (Å²) in [7, 11) is 0. The van der Waals surface area contributed by atoms with Gasteiger partial charge in [-0.05, 0) is 26.3 Å². The maximum absolute atomic E-state index is 5.68. The van der Waals surface area contributed by atoms with Gasteiger partial charge in [-0.15, -0.1) is 23.4 Å². The zero-order valence-electron chi connectivity index (χ0n) is 8.75. The number of rotatable bonds is 4. The largest absolute Gasteiger partial charge is 0.238 e. The third-order valence-corrected chi connectivity index (χ3v) is 3.09. The number of aryl methyl sites for hydroxylation is 2. The van der Waals surface area contributed by atoms with E-state index < -0.39 is 0 Å². The fraction of sp³-hybridized carbons (Fsp3) is 0.600. The van der Waals surface area contributed by atoms with Gasteiger partial charge in [0.2, 0.25) is 0 Å². The van der Waals surface area contributed by atoms with Crippen molar-refractivity contribution in [1.82, 2.24) is 9.97 Å². The fourth-order valence-electron chi connectivity index (χ4n) is 1.16. The van der Waals surface area contributed by atoms with E-state index in [1.807, 2.05) is 19.9 Å². The highest BCUT2D eigenvalue weighted by molar-refractivity contribution is 7.99. The van der Waals surface area contributed by atoms with Crippen LogP contribution in [-0.2, 0) is 0 Å². The Hall–Kier alpha value is -0.280. The van der Waals surface area contributed by atoms with Crippen LogP contribution in [0.1, 0.15) is 24.9 Å². The van der Waals surface area contributed by atoms with Gasteiger partial charge in [0, 0.05) is 16.8 Å². The second kappa shape index (κ2) is 5.56. The van der Waals surface area contributed by atoms with Crippen LogP contribution in [0, 0.1) is 13.8 Å². The van der Waals surface area contributed by atoms with E-state index in [-0.39, 0.29) is 0 Å². The molecule has 0 saturated carbocycles. The highest BCUT2D eigenvalue weighted by atomic mass is 35.5. The van der Waals surface area contributed by atoms with Crippen LogP contribution in [0.2, 0.25) is 0 Å². The summed E-state index contributed by atoms with van der Waals surface area (Å²) in [6.45, 7) is 6.08. The monoisotopic (exact) mass is 230 g/mol. The number of alkyl halides is 1. The molecule has 1 aromatic heterocycles. The van der Waals surface area contributed by atoms with Crippen LogP contribution < -0.4 is 0 Å². The van der Waals surface area contributed by atoms with Crippen LogP contribution in [0.25, 0.3) is 0 Å². The number of hydrogen-bond donors (Lipinski definition) is 0. The molecule has 1 unspecified atom stereocenters. The average Bonchev–Trinajstić information content (AvgIpc) is 2.01. The average molecular weight is 231 g/mol. The van der Waals surface area contributed by atoms with Crippen molar-refractivity contribution in [2.45, 2.75) is 37.5 Å². The van der Waals surface area contributed by atoms with Gasteiger partial charge in [0.15, 0.2) is 0 Å². The first-order chi connectivity index (χ1) is 6.61. The van der Waals surface area contributed by atoms with Crippen LogP contribution in [-0.4, -0.2) is 21.1 Å². The minimum atomic E-state index is 0.515. The van der Waals surface area contributed by atoms with Gasteiger partial charge < -0.3 is 0 Å². The van der Waals surface area contributed by atoms with Crippen molar-refractivity contribution >= 4 is 23.4 Å². The summed E-state index contributed by atoms with van der Waals surface area (Å²) in [5.74, 6) is 1.54. The molecule has 78 valence electrons. The molecule has 1 heterocycles. The minimum absolute atomic E-state index is 0.515. The number of thioether (sulfide) groups is 1. The maximum Gasteiger partial charge on any atom is 0.126 e. The van der Waals surface area contributed by atoms with Gasteiger partial charge in [-0.1, -0.05) is 6.92 Å². The molecule has 1 aromatic rings. The number of nitrogens with zero attached hydrogens (tertiary/aromatic N) is 2. The minimum Gasteiger partial charge on any atom is -0.238 e. The van der Waals surface area contributed by atoms with Crippen molar-refractivity contribution in [3.05, 3.63) is 17.6 Å². The Kier molecular flexibility index (Phi) is 4.69. The molecule has 0 aliphatic carbocycles. The van der Waals surface area contributed by atoms with E-state index in [4.69, 9.17) is 11.6 Å².